The summed E-state index contributed by atoms with van der Waals surface area (Å²) in [5, 5.41) is 10.2. The predicted molar refractivity (Wildman–Crippen MR) is 46.8 cm³/mol. The van der Waals surface area contributed by atoms with Crippen molar-refractivity contribution in [2.45, 2.75) is 0 Å². The predicted octanol–water partition coefficient (Wildman–Crippen LogP) is 0.216. The van der Waals surface area contributed by atoms with Crippen molar-refractivity contribution >= 4 is 28.1 Å². The van der Waals surface area contributed by atoms with Gasteiger partial charge in [-0.05, 0) is 0 Å². The molecule has 0 radical (unpaired) electrons. The molecule has 0 aliphatic carbocycles. The van der Waals surface area contributed by atoms with Gasteiger partial charge in [0.15, 0.2) is 5.13 Å². The number of nitrogens with two attached hydrogens (primary N) is 1. The van der Waals surface area contributed by atoms with Gasteiger partial charge in [-0.25, -0.2) is 9.78 Å². The number of hydrogen-bond donors (Lipinski definition) is 2. The molecule has 3 N–H and O–H groups in total. The van der Waals surface area contributed by atoms with Crippen molar-refractivity contribution in [3.63, 3.8) is 0 Å². The topological polar surface area (TPSA) is 97.8 Å². The van der Waals surface area contributed by atoms with E-state index in [0.717, 1.165) is 7.11 Å². The first-order chi connectivity index (χ1) is 6.60. The van der Waals surface area contributed by atoms with Crippen molar-refractivity contribution < 1.29 is 19.1 Å². The summed E-state index contributed by atoms with van der Waals surface area (Å²) in [7, 11) is 1.07. The zero-order valence-corrected chi connectivity index (χ0v) is 7.84. The first-order valence-electron chi connectivity index (χ1n) is 3.32. The molecule has 0 aliphatic rings. The van der Waals surface area contributed by atoms with Gasteiger partial charge in [0.25, 0.3) is 0 Å². The number of methoxy groups -OCH3 is 1. The van der Waals surface area contributed by atoms with Gasteiger partial charge in [-0.15, -0.1) is 0 Å². The lowest BCUT2D eigenvalue weighted by atomic mass is 10.3. The van der Waals surface area contributed by atoms with Gasteiger partial charge in [-0.1, -0.05) is 16.5 Å². The Bertz CT molecular complexity index is 390. The minimum absolute atomic E-state index is 0.0671. The number of rotatable bonds is 2. The normalized spacial score (nSPS) is 11.4. The number of oxime groups is 1. The van der Waals surface area contributed by atoms with Gasteiger partial charge in [0, 0.05) is 0 Å². The molecule has 0 amide bonds. The average Bonchev–Trinajstić information content (AvgIpc) is 2.47. The van der Waals surface area contributed by atoms with E-state index in [1.54, 1.807) is 0 Å². The van der Waals surface area contributed by atoms with E-state index in [9.17, 15) is 9.18 Å². The van der Waals surface area contributed by atoms with Crippen LogP contribution >= 0.6 is 11.3 Å². The fourth-order valence-corrected chi connectivity index (χ4v) is 1.30. The molecule has 0 bridgehead atoms. The third-order valence-electron chi connectivity index (χ3n) is 1.31. The lowest BCUT2D eigenvalue weighted by Gasteiger charge is -1.97. The second kappa shape index (κ2) is 4.01. The first kappa shape index (κ1) is 10.4. The van der Waals surface area contributed by atoms with Crippen LogP contribution < -0.4 is 5.73 Å². The third-order valence-corrected chi connectivity index (χ3v) is 1.98. The van der Waals surface area contributed by atoms with Crippen molar-refractivity contribution in [2.24, 2.45) is 5.16 Å². The molecule has 8 heteroatoms. The van der Waals surface area contributed by atoms with Crippen LogP contribution in [0.4, 0.5) is 9.52 Å². The fraction of sp³-hybridized carbons (Fsp3) is 0.167. The number of esters is 1. The highest BCUT2D eigenvalue weighted by molar-refractivity contribution is 7.14. The summed E-state index contributed by atoms with van der Waals surface area (Å²) in [6, 6.07) is 0. The number of nitrogen functional groups attached to an aromatic ring is 1. The number of carbonyl (C=O) groups is 1. The zero-order valence-electron chi connectivity index (χ0n) is 7.02. The van der Waals surface area contributed by atoms with E-state index in [2.05, 4.69) is 14.9 Å². The number of hydrogen-bond acceptors (Lipinski definition) is 7. The van der Waals surface area contributed by atoms with Crippen LogP contribution in [0.25, 0.3) is 0 Å². The van der Waals surface area contributed by atoms with Crippen LogP contribution in [-0.2, 0) is 9.53 Å². The molecule has 0 spiro atoms. The number of ether oxygens (including phenoxy) is 1. The van der Waals surface area contributed by atoms with Crippen LogP contribution in [0.3, 0.4) is 0 Å². The van der Waals surface area contributed by atoms with Gasteiger partial charge in [0.1, 0.15) is 5.69 Å². The minimum Gasteiger partial charge on any atom is -0.464 e. The monoisotopic (exact) mass is 219 g/mol. The standard InChI is InChI=1S/C6H6FN3O3S/c1-13-5(11)3(10-12)2-4(7)14-6(8)9-2/h12H,1H3,(H2,8,9)/b10-3+. The Kier molecular flexibility index (Phi) is 2.97. The summed E-state index contributed by atoms with van der Waals surface area (Å²) in [4.78, 5) is 14.4. The molecule has 1 heterocycles. The molecule has 1 rings (SSSR count). The van der Waals surface area contributed by atoms with Crippen LogP contribution in [-0.4, -0.2) is 29.0 Å². The number of aromatic nitrogens is 1. The van der Waals surface area contributed by atoms with Gasteiger partial charge in [-0.3, -0.25) is 0 Å². The molecule has 0 atom stereocenters. The molecule has 0 unspecified atom stereocenters. The molecule has 0 fully saturated rings. The number of halogens is 1. The number of carbonyl (C=O) groups excluding carboxylic acids is 1. The van der Waals surface area contributed by atoms with Gasteiger partial charge < -0.3 is 15.7 Å². The summed E-state index contributed by atoms with van der Waals surface area (Å²) in [5.74, 6) is -0.989. The van der Waals surface area contributed by atoms with Gasteiger partial charge in [0.2, 0.25) is 10.8 Å². The van der Waals surface area contributed by atoms with Crippen molar-refractivity contribution in [3.05, 3.63) is 10.8 Å². The Labute approximate surface area is 81.8 Å². The van der Waals surface area contributed by atoms with E-state index in [1.165, 1.54) is 0 Å². The molecule has 0 saturated carbocycles. The van der Waals surface area contributed by atoms with Crippen LogP contribution in [0, 0.1) is 5.13 Å². The van der Waals surface area contributed by atoms with E-state index in [-0.39, 0.29) is 5.13 Å². The summed E-state index contributed by atoms with van der Waals surface area (Å²) >= 11 is 0.541. The Balaban J connectivity index is 3.14. The SMILES string of the molecule is COC(=O)/C(=N/O)c1nc(N)sc1F. The quantitative estimate of drug-likeness (QED) is 0.321. The van der Waals surface area contributed by atoms with Crippen LogP contribution in [0.5, 0.6) is 0 Å². The van der Waals surface area contributed by atoms with Crippen LogP contribution in [0.1, 0.15) is 5.69 Å². The van der Waals surface area contributed by atoms with Crippen molar-refractivity contribution in [1.82, 2.24) is 4.98 Å². The fourth-order valence-electron chi connectivity index (χ4n) is 0.745. The lowest BCUT2D eigenvalue weighted by Crippen LogP contribution is -2.18. The zero-order chi connectivity index (χ0) is 10.7. The van der Waals surface area contributed by atoms with E-state index >= 15 is 0 Å². The summed E-state index contributed by atoms with van der Waals surface area (Å²) in [6.45, 7) is 0. The third kappa shape index (κ3) is 1.79. The largest absolute Gasteiger partial charge is 0.464 e. The Morgan fingerprint density at radius 2 is 2.43 bits per heavy atom. The molecule has 14 heavy (non-hydrogen) atoms. The highest BCUT2D eigenvalue weighted by Crippen LogP contribution is 2.19. The molecule has 1 aromatic heterocycles. The maximum Gasteiger partial charge on any atom is 0.362 e. The van der Waals surface area contributed by atoms with Gasteiger partial charge in [0.05, 0.1) is 7.11 Å². The maximum absolute atomic E-state index is 13.0. The summed E-state index contributed by atoms with van der Waals surface area (Å²) in [5.41, 5.74) is 4.16. The average molecular weight is 219 g/mol. The Hall–Kier alpha value is -1.70. The number of thiazole rings is 1. The summed E-state index contributed by atoms with van der Waals surface area (Å²) in [6.07, 6.45) is 0. The van der Waals surface area contributed by atoms with Crippen molar-refractivity contribution in [1.29, 1.82) is 0 Å². The van der Waals surface area contributed by atoms with Crippen LogP contribution in [0.15, 0.2) is 5.16 Å². The highest BCUT2D eigenvalue weighted by atomic mass is 32.1. The molecular weight excluding hydrogens is 213 g/mol. The Morgan fingerprint density at radius 1 is 1.79 bits per heavy atom. The molecule has 6 nitrogen and oxygen atoms in total. The second-order valence-electron chi connectivity index (χ2n) is 2.11. The van der Waals surface area contributed by atoms with Gasteiger partial charge >= 0.3 is 5.97 Å². The smallest absolute Gasteiger partial charge is 0.362 e. The van der Waals surface area contributed by atoms with E-state index in [0.29, 0.717) is 11.3 Å². The van der Waals surface area contributed by atoms with E-state index in [4.69, 9.17) is 10.9 Å². The second-order valence-corrected chi connectivity index (χ2v) is 3.10. The lowest BCUT2D eigenvalue weighted by molar-refractivity contribution is -0.132. The Morgan fingerprint density at radius 3 is 2.79 bits per heavy atom. The maximum atomic E-state index is 13.0. The molecule has 0 aliphatic heterocycles. The first-order valence-corrected chi connectivity index (χ1v) is 4.14. The van der Waals surface area contributed by atoms with Gasteiger partial charge in [-0.2, -0.15) is 4.39 Å². The summed E-state index contributed by atoms with van der Waals surface area (Å²) < 4.78 is 17.3. The molecule has 76 valence electrons. The molecular formula is C6H6FN3O3S. The molecule has 1 aromatic rings. The van der Waals surface area contributed by atoms with Crippen molar-refractivity contribution in [2.75, 3.05) is 12.8 Å². The molecule has 0 saturated heterocycles. The highest BCUT2D eigenvalue weighted by Gasteiger charge is 2.23. The van der Waals surface area contributed by atoms with Crippen LogP contribution in [0.2, 0.25) is 0 Å². The minimum atomic E-state index is -0.989. The van der Waals surface area contributed by atoms with E-state index < -0.39 is 22.5 Å². The van der Waals surface area contributed by atoms with Crippen molar-refractivity contribution in [3.8, 4) is 0 Å². The number of nitrogens with zero attached hydrogens (tertiary/aromatic N) is 2. The number of anilines is 1. The van der Waals surface area contributed by atoms with E-state index in [1.807, 2.05) is 0 Å². The molecule has 0 aromatic carbocycles.